The maximum Gasteiger partial charge on any atom is 0.343 e. The molecule has 1 aliphatic rings. The Balaban J connectivity index is 2.03. The van der Waals surface area contributed by atoms with Gasteiger partial charge in [-0.3, -0.25) is 4.79 Å². The van der Waals surface area contributed by atoms with Gasteiger partial charge in [0.1, 0.15) is 17.2 Å². The number of rotatable bonds is 3. The summed E-state index contributed by atoms with van der Waals surface area (Å²) in [5, 5.41) is 9.46. The smallest absolute Gasteiger partial charge is 0.343 e. The monoisotopic (exact) mass is 354 g/mol. The fraction of sp³-hybridized carbons (Fsp3) is 0.222. The van der Waals surface area contributed by atoms with Crippen LogP contribution in [0.4, 0.5) is 11.4 Å². The van der Waals surface area contributed by atoms with E-state index in [1.54, 1.807) is 26.8 Å². The highest BCUT2D eigenvalue weighted by Gasteiger charge is 2.26. The van der Waals surface area contributed by atoms with Crippen molar-refractivity contribution in [2.24, 2.45) is 4.99 Å². The number of carbonyl (C=O) groups is 2. The average Bonchev–Trinajstić information content (AvgIpc) is 2.97. The number of esters is 1. The third-order valence-electron chi connectivity index (χ3n) is 3.64. The fourth-order valence-corrected chi connectivity index (χ4v) is 2.48. The van der Waals surface area contributed by atoms with E-state index in [2.05, 4.69) is 20.8 Å². The topological polar surface area (TPSA) is 106 Å². The number of nitrogens with one attached hydrogen (secondary N) is 2. The summed E-state index contributed by atoms with van der Waals surface area (Å²) in [5.41, 5.74) is 2.06. The highest BCUT2D eigenvalue weighted by Crippen LogP contribution is 2.30. The number of aromatic nitrogens is 1. The van der Waals surface area contributed by atoms with Crippen LogP contribution >= 0.6 is 0 Å². The second-order valence-corrected chi connectivity index (χ2v) is 5.60. The number of para-hydroxylation sites is 2. The number of nitrogens with zero attached hydrogens (tertiary/aromatic N) is 2. The van der Waals surface area contributed by atoms with Gasteiger partial charge in [-0.25, -0.2) is 9.79 Å². The van der Waals surface area contributed by atoms with Crippen LogP contribution in [0.2, 0.25) is 0 Å². The van der Waals surface area contributed by atoms with Crippen molar-refractivity contribution >= 4 is 29.1 Å². The molecule has 134 valence electrons. The molecule has 0 saturated carbocycles. The predicted molar refractivity (Wildman–Crippen MR) is 95.2 cm³/mol. The molecule has 1 amide bonds. The highest BCUT2D eigenvalue weighted by molar-refractivity contribution is 6.25. The minimum atomic E-state index is -0.583. The number of allylic oxidation sites excluding steroid dienone is 1. The van der Waals surface area contributed by atoms with Gasteiger partial charge in [0.25, 0.3) is 5.91 Å². The van der Waals surface area contributed by atoms with Crippen molar-refractivity contribution in [3.63, 3.8) is 0 Å². The van der Waals surface area contributed by atoms with Crippen LogP contribution in [0.1, 0.15) is 30.1 Å². The average molecular weight is 354 g/mol. The first-order valence-electron chi connectivity index (χ1n) is 8.07. The first-order chi connectivity index (χ1) is 12.5. The number of hydrogen-bond acceptors (Lipinski definition) is 7. The molecule has 8 nitrogen and oxygen atoms in total. The summed E-state index contributed by atoms with van der Waals surface area (Å²) in [6.45, 7) is 5.31. The van der Waals surface area contributed by atoms with Crippen molar-refractivity contribution in [3.8, 4) is 0 Å². The first-order valence-corrected chi connectivity index (χ1v) is 8.07. The molecule has 0 radical (unpaired) electrons. The van der Waals surface area contributed by atoms with E-state index < -0.39 is 11.9 Å². The van der Waals surface area contributed by atoms with Gasteiger partial charge >= 0.3 is 5.97 Å². The Hall–Kier alpha value is -3.42. The van der Waals surface area contributed by atoms with E-state index in [1.807, 2.05) is 18.2 Å². The van der Waals surface area contributed by atoms with Gasteiger partial charge in [0.15, 0.2) is 5.69 Å². The number of amidine groups is 1. The van der Waals surface area contributed by atoms with E-state index in [1.165, 1.54) is 6.07 Å². The van der Waals surface area contributed by atoms with E-state index in [4.69, 9.17) is 9.26 Å². The number of benzene rings is 1. The predicted octanol–water partition coefficient (Wildman–Crippen LogP) is 2.71. The zero-order chi connectivity index (χ0) is 18.7. The summed E-state index contributed by atoms with van der Waals surface area (Å²) >= 11 is 0. The lowest BCUT2D eigenvalue weighted by atomic mass is 10.2. The van der Waals surface area contributed by atoms with Crippen LogP contribution in [0.5, 0.6) is 0 Å². The minimum absolute atomic E-state index is 0.0871. The van der Waals surface area contributed by atoms with E-state index in [0.717, 1.165) is 0 Å². The molecule has 0 spiro atoms. The van der Waals surface area contributed by atoms with E-state index in [9.17, 15) is 9.59 Å². The summed E-state index contributed by atoms with van der Waals surface area (Å²) in [5.74, 6) is -0.526. The Kier molecular flexibility index (Phi) is 4.83. The van der Waals surface area contributed by atoms with Crippen molar-refractivity contribution in [1.82, 2.24) is 10.5 Å². The summed E-state index contributed by atoms with van der Waals surface area (Å²) < 4.78 is 10.0. The zero-order valence-electron chi connectivity index (χ0n) is 14.6. The van der Waals surface area contributed by atoms with Gasteiger partial charge in [-0.05, 0) is 32.9 Å². The van der Waals surface area contributed by atoms with E-state index in [-0.39, 0.29) is 23.7 Å². The second kappa shape index (κ2) is 7.22. The number of hydrogen-bond donors (Lipinski definition) is 2. The van der Waals surface area contributed by atoms with Gasteiger partial charge in [-0.1, -0.05) is 17.3 Å². The highest BCUT2D eigenvalue weighted by atomic mass is 16.5. The molecular weight excluding hydrogens is 336 g/mol. The molecule has 0 fully saturated rings. The van der Waals surface area contributed by atoms with Gasteiger partial charge in [0, 0.05) is 11.8 Å². The van der Waals surface area contributed by atoms with Crippen molar-refractivity contribution in [2.45, 2.75) is 20.8 Å². The van der Waals surface area contributed by atoms with Crippen LogP contribution in [0.3, 0.4) is 0 Å². The van der Waals surface area contributed by atoms with Gasteiger partial charge in [-0.15, -0.1) is 0 Å². The largest absolute Gasteiger partial charge is 0.462 e. The molecule has 0 bridgehead atoms. The Morgan fingerprint density at radius 2 is 2.04 bits per heavy atom. The van der Waals surface area contributed by atoms with Gasteiger partial charge in [0.2, 0.25) is 0 Å². The number of anilines is 1. The molecule has 3 rings (SSSR count). The molecule has 2 N–H and O–H groups in total. The number of aryl methyl sites for hydroxylation is 1. The van der Waals surface area contributed by atoms with E-state index in [0.29, 0.717) is 22.8 Å². The van der Waals surface area contributed by atoms with Crippen LogP contribution in [-0.2, 0) is 9.53 Å². The summed E-state index contributed by atoms with van der Waals surface area (Å²) in [4.78, 5) is 29.4. The standard InChI is InChI=1S/C18H18N4O4/c1-4-25-18(24)15-11(3)19-12-7-5-6-8-13(12)20-16(15)21-17(23)14-9-10(2)26-22-14/h5-9,19H,4H2,1-3H3,(H,20,21,23). The number of aliphatic imine (C=N–C) groups is 1. The summed E-state index contributed by atoms with van der Waals surface area (Å²) in [7, 11) is 0. The van der Waals surface area contributed by atoms with Gasteiger partial charge in [0.05, 0.1) is 18.0 Å². The van der Waals surface area contributed by atoms with E-state index >= 15 is 0 Å². The van der Waals surface area contributed by atoms with Crippen LogP contribution in [-0.4, -0.2) is 29.5 Å². The lowest BCUT2D eigenvalue weighted by Gasteiger charge is -2.12. The number of carbonyl (C=O) groups excluding carboxylic acids is 2. The maximum absolute atomic E-state index is 12.5. The van der Waals surface area contributed by atoms with Crippen molar-refractivity contribution in [2.75, 3.05) is 11.9 Å². The lowest BCUT2D eigenvalue weighted by molar-refractivity contribution is -0.137. The normalized spacial score (nSPS) is 13.3. The van der Waals surface area contributed by atoms with Crippen molar-refractivity contribution < 1.29 is 18.8 Å². The van der Waals surface area contributed by atoms with Crippen LogP contribution in [0, 0.1) is 6.92 Å². The molecule has 1 aliphatic heterocycles. The van der Waals surface area contributed by atoms with Crippen LogP contribution in [0.25, 0.3) is 0 Å². The number of fused-ring (bicyclic) bond motifs is 1. The van der Waals surface area contributed by atoms with Crippen molar-refractivity contribution in [3.05, 3.63) is 53.1 Å². The quantitative estimate of drug-likeness (QED) is 0.821. The molecule has 8 heteroatoms. The SMILES string of the molecule is CCOC(=O)C1=C(C)Nc2ccccc2N=C1NC(=O)c1cc(C)on1. The zero-order valence-corrected chi connectivity index (χ0v) is 14.6. The minimum Gasteiger partial charge on any atom is -0.462 e. The molecule has 26 heavy (non-hydrogen) atoms. The second-order valence-electron chi connectivity index (χ2n) is 5.60. The summed E-state index contributed by atoms with van der Waals surface area (Å²) in [6.07, 6.45) is 0. The molecule has 1 aromatic heterocycles. The molecule has 0 aliphatic carbocycles. The summed E-state index contributed by atoms with van der Waals surface area (Å²) in [6, 6.07) is 8.77. The molecular formula is C18H18N4O4. The number of amides is 1. The van der Waals surface area contributed by atoms with Gasteiger partial charge < -0.3 is 19.9 Å². The third-order valence-corrected chi connectivity index (χ3v) is 3.64. The van der Waals surface area contributed by atoms with Crippen LogP contribution in [0.15, 0.2) is 51.1 Å². The third kappa shape index (κ3) is 3.49. The van der Waals surface area contributed by atoms with Gasteiger partial charge in [-0.2, -0.15) is 0 Å². The molecule has 0 atom stereocenters. The Morgan fingerprint density at radius 3 is 2.73 bits per heavy atom. The Morgan fingerprint density at radius 1 is 1.27 bits per heavy atom. The molecule has 0 unspecified atom stereocenters. The molecule has 2 heterocycles. The van der Waals surface area contributed by atoms with Crippen molar-refractivity contribution in [1.29, 1.82) is 0 Å². The fourth-order valence-electron chi connectivity index (χ4n) is 2.48. The molecule has 2 aromatic rings. The Labute approximate surface area is 149 Å². The Bertz CT molecular complexity index is 927. The maximum atomic E-state index is 12.5. The lowest BCUT2D eigenvalue weighted by Crippen LogP contribution is -2.35. The first kappa shape index (κ1) is 17.4. The molecule has 0 saturated heterocycles. The molecule has 1 aromatic carbocycles. The van der Waals surface area contributed by atoms with Crippen LogP contribution < -0.4 is 10.6 Å². The number of ether oxygens (including phenoxy) is 1.